The molecule has 0 unspecified atom stereocenters. The first-order valence-corrected chi connectivity index (χ1v) is 39.3. The van der Waals surface area contributed by atoms with E-state index in [1.165, 1.54) is 74.5 Å². The molecule has 3 heterocycles. The van der Waals surface area contributed by atoms with E-state index in [-0.39, 0.29) is 82.0 Å². The molecule has 0 radical (unpaired) electrons. The topological polar surface area (TPSA) is 487 Å². The first-order chi connectivity index (χ1) is 55.8. The summed E-state index contributed by atoms with van der Waals surface area (Å²) in [5.41, 5.74) is 8.36. The summed E-state index contributed by atoms with van der Waals surface area (Å²) < 4.78 is 0. The number of hydrogen-bond donors (Lipinski definition) is 16. The molecule has 0 aliphatic carbocycles. The number of likely N-dealkylation sites (tertiary alicyclic amines) is 1. The zero-order valence-corrected chi connectivity index (χ0v) is 67.1. The Kier molecular flexibility index (Phi) is 34.0. The van der Waals surface area contributed by atoms with Crippen molar-refractivity contribution < 1.29 is 77.0 Å². The van der Waals surface area contributed by atoms with Crippen molar-refractivity contribution in [2.45, 2.75) is 198 Å². The van der Waals surface area contributed by atoms with Crippen molar-refractivity contribution in [1.29, 1.82) is 0 Å². The number of amides is 16. The third kappa shape index (κ3) is 28.6. The van der Waals surface area contributed by atoms with E-state index in [1.54, 1.807) is 62.4 Å². The number of fused-ring (bicyclic) bond motifs is 1. The molecule has 624 valence electrons. The van der Waals surface area contributed by atoms with Crippen LogP contribution in [0.15, 0.2) is 140 Å². The lowest BCUT2D eigenvalue weighted by molar-refractivity contribution is -0.142. The summed E-state index contributed by atoms with van der Waals surface area (Å²) in [5, 5.41) is 50.7. The second-order valence-electron chi connectivity index (χ2n) is 30.0. The second kappa shape index (κ2) is 44.0. The number of aliphatic hydroxyl groups excluding tert-OH is 1. The van der Waals surface area contributed by atoms with Gasteiger partial charge in [-0.05, 0) is 139 Å². The maximum absolute atomic E-state index is 15.4. The van der Waals surface area contributed by atoms with Crippen LogP contribution < -0.4 is 80.2 Å². The number of imide groups is 1. The van der Waals surface area contributed by atoms with Gasteiger partial charge in [-0.25, -0.2) is 4.79 Å². The quantitative estimate of drug-likeness (QED) is 0.0244. The number of primary amides is 1. The lowest BCUT2D eigenvalue weighted by Gasteiger charge is -2.31. The van der Waals surface area contributed by atoms with Gasteiger partial charge in [-0.3, -0.25) is 77.4 Å². The first-order valence-electron chi connectivity index (χ1n) is 38.9. The van der Waals surface area contributed by atoms with Crippen LogP contribution in [0.3, 0.4) is 0 Å². The second-order valence-corrected chi connectivity index (χ2v) is 30.4. The van der Waals surface area contributed by atoms with E-state index >= 15 is 14.4 Å². The molecule has 0 saturated carbocycles. The fourth-order valence-corrected chi connectivity index (χ4v) is 13.6. The number of benzene rings is 5. The molecule has 2 aliphatic heterocycles. The summed E-state index contributed by atoms with van der Waals surface area (Å²) in [7, 11) is 0. The predicted octanol–water partition coefficient (Wildman–Crippen LogP) is 1.98. The van der Waals surface area contributed by atoms with Gasteiger partial charge in [-0.1, -0.05) is 124 Å². The molecule has 17 N–H and O–H groups in total. The summed E-state index contributed by atoms with van der Waals surface area (Å²) in [4.78, 5) is 214. The predicted molar refractivity (Wildman–Crippen MR) is 435 cm³/mol. The maximum Gasteiger partial charge on any atom is 0.322 e. The number of anilines is 2. The van der Waals surface area contributed by atoms with Gasteiger partial charge < -0.3 is 84.9 Å². The number of unbranched alkanes of at least 4 members (excludes halogenated alkanes) is 1. The van der Waals surface area contributed by atoms with Gasteiger partial charge in [0.15, 0.2) is 0 Å². The Morgan fingerprint density at radius 1 is 0.530 bits per heavy atom. The van der Waals surface area contributed by atoms with E-state index in [0.717, 1.165) is 10.8 Å². The lowest BCUT2D eigenvalue weighted by Crippen LogP contribution is -2.62. The third-order valence-corrected chi connectivity index (χ3v) is 19.8. The highest BCUT2D eigenvalue weighted by Crippen LogP contribution is 2.24. The smallest absolute Gasteiger partial charge is 0.322 e. The van der Waals surface area contributed by atoms with E-state index in [0.29, 0.717) is 64.3 Å². The van der Waals surface area contributed by atoms with E-state index in [4.69, 9.17) is 17.3 Å². The zero-order valence-electron chi connectivity index (χ0n) is 66.3. The summed E-state index contributed by atoms with van der Waals surface area (Å²) >= 11 is 6.27. The average molecular weight is 1630 g/mol. The Morgan fingerprint density at radius 2 is 1.02 bits per heavy atom. The molecule has 5 aromatic carbocycles. The van der Waals surface area contributed by atoms with Gasteiger partial charge in [-0.2, -0.15) is 0 Å². The number of aliphatic hydroxyl groups is 1. The SMILES string of the molecule is CC(=O)Nc1ccc(C[C@H](NC(=O)[C@H](CO)NC(=O)[C@@H](Cc2cccnc2)NC(=O)[C@@H](Cc2ccc(Cl)cc2)NC(=O)[C@@H](Cc2ccc3ccccc3c2)NC(C)=O)C(=O)N[C@H](Cc2ccc(NC(=O)[C@@H]3CC(=O)NC(=O)N3)cc2)C(=O)N[C@@H](CC(C)C)C(=O)N[C@@H](CCCCNC(C)C)C(=O)N2CCC[C@H]2C(=O)N[C@H](C)C(N)=O)cc1. The normalized spacial score (nSPS) is 16.1. The Labute approximate surface area is 682 Å². The summed E-state index contributed by atoms with van der Waals surface area (Å²) in [6, 6.07) is 18.7. The molecule has 6 aromatic rings. The van der Waals surface area contributed by atoms with Crippen molar-refractivity contribution in [3.63, 3.8) is 0 Å². The molecule has 1 aromatic heterocycles. The number of urea groups is 1. The number of halogens is 1. The van der Waals surface area contributed by atoms with Crippen molar-refractivity contribution in [1.82, 2.24) is 73.7 Å². The molecule has 16 amide bonds. The Hall–Kier alpha value is -12.2. The zero-order chi connectivity index (χ0) is 85.0. The highest BCUT2D eigenvalue weighted by atomic mass is 35.5. The number of rotatable bonds is 41. The van der Waals surface area contributed by atoms with Crippen molar-refractivity contribution in [3.8, 4) is 0 Å². The van der Waals surface area contributed by atoms with Gasteiger partial charge in [-0.15, -0.1) is 0 Å². The summed E-state index contributed by atoms with van der Waals surface area (Å²) in [5.74, 6) is -11.3. The number of nitrogens with two attached hydrogens (primary N) is 1. The molecule has 2 saturated heterocycles. The molecule has 0 spiro atoms. The van der Waals surface area contributed by atoms with Gasteiger partial charge in [0.1, 0.15) is 66.5 Å². The minimum atomic E-state index is -1.90. The largest absolute Gasteiger partial charge is 0.394 e. The monoisotopic (exact) mass is 1630 g/mol. The van der Waals surface area contributed by atoms with Crippen molar-refractivity contribution in [3.05, 3.63) is 173 Å². The number of nitrogens with one attached hydrogen (secondary N) is 14. The van der Waals surface area contributed by atoms with Crippen LogP contribution in [-0.4, -0.2) is 196 Å². The standard InChI is InChI=1S/C83H104ClN17O16/c1-46(2)36-62(74(108)92-61(17-10-11-34-87-47(3)4)82(116)101-35-13-18-70(101)81(115)88-48(5)72(85)106)93-76(110)65(39-53-24-31-60(32-25-53)91-73(107)68-43-71(105)100-83(117)99-68)95-78(112)66(40-52-22-29-59(30-23-52)89-49(6)103)97-80(114)69(45-102)98-79(113)67(42-55-14-12-33-86-44-55)96-77(111)64(38-51-20-27-58(84)28-21-51)94-75(109)63(90-50(7)104)41-54-19-26-56-15-8-9-16-57(56)37-54/h8-9,12,14-16,19-33,37,44,46-48,61-70,87,102H,10-11,13,17-18,34-36,38-43,45H2,1-7H3,(H2,85,106)(H,88,115)(H,89,103)(H,90,104)(H,91,107)(H,92,108)(H,93,110)(H,94,109)(H,95,112)(H,96,111)(H,97,114)(H,98,113)(H2,99,100,105,117)/t48-,61+,62+,63-,64-,65-,66+,67-,68+,69+,70+/m1/s1. The van der Waals surface area contributed by atoms with Crippen LogP contribution >= 0.6 is 11.6 Å². The third-order valence-electron chi connectivity index (χ3n) is 19.5. The Bertz CT molecular complexity index is 4520. The number of nitrogens with zero attached hydrogens (tertiary/aromatic N) is 2. The molecule has 0 bridgehead atoms. The van der Waals surface area contributed by atoms with E-state index in [9.17, 15) is 62.6 Å². The Morgan fingerprint density at radius 3 is 1.53 bits per heavy atom. The van der Waals surface area contributed by atoms with Crippen LogP contribution in [0.25, 0.3) is 10.8 Å². The molecule has 8 rings (SSSR count). The van der Waals surface area contributed by atoms with Crippen LogP contribution in [0.5, 0.6) is 0 Å². The molecular weight excluding hydrogens is 1530 g/mol. The first kappa shape index (κ1) is 90.3. The molecular formula is C83H104ClN17O16. The van der Waals surface area contributed by atoms with Gasteiger partial charge in [0.25, 0.3) is 0 Å². The molecule has 34 heteroatoms. The molecule has 2 aliphatic rings. The van der Waals surface area contributed by atoms with E-state index in [1.807, 2.05) is 56.3 Å². The number of hydrogen-bond acceptors (Lipinski definition) is 18. The number of carbonyl (C=O) groups excluding carboxylic acids is 15. The van der Waals surface area contributed by atoms with Crippen LogP contribution in [-0.2, 0) is 99.2 Å². The highest BCUT2D eigenvalue weighted by Gasteiger charge is 2.41. The van der Waals surface area contributed by atoms with Crippen molar-refractivity contribution in [2.75, 3.05) is 30.3 Å². The minimum absolute atomic E-state index is 0.0114. The molecule has 33 nitrogen and oxygen atoms in total. The van der Waals surface area contributed by atoms with Gasteiger partial charge in [0, 0.05) is 87.3 Å². The minimum Gasteiger partial charge on any atom is -0.394 e. The van der Waals surface area contributed by atoms with Crippen molar-refractivity contribution >= 4 is 122 Å². The van der Waals surface area contributed by atoms with Gasteiger partial charge in [0.2, 0.25) is 82.7 Å². The molecule has 11 atom stereocenters. The summed E-state index contributed by atoms with van der Waals surface area (Å²) in [6.45, 7) is 11.1. The van der Waals surface area contributed by atoms with Crippen LogP contribution in [0, 0.1) is 5.92 Å². The molecule has 117 heavy (non-hydrogen) atoms. The fourth-order valence-electron chi connectivity index (χ4n) is 13.4. The van der Waals surface area contributed by atoms with E-state index < -0.39 is 162 Å². The Balaban J connectivity index is 1.09. The maximum atomic E-state index is 15.4. The van der Waals surface area contributed by atoms with Crippen LogP contribution in [0.4, 0.5) is 16.2 Å². The van der Waals surface area contributed by atoms with Crippen LogP contribution in [0.1, 0.15) is 121 Å². The summed E-state index contributed by atoms with van der Waals surface area (Å²) in [6.07, 6.45) is 3.14. The van der Waals surface area contributed by atoms with Gasteiger partial charge >= 0.3 is 6.03 Å². The number of aromatic nitrogens is 1. The highest BCUT2D eigenvalue weighted by molar-refractivity contribution is 6.30. The molecule has 2 fully saturated rings. The van der Waals surface area contributed by atoms with Gasteiger partial charge in [0.05, 0.1) is 13.0 Å². The van der Waals surface area contributed by atoms with E-state index in [2.05, 4.69) is 79.4 Å². The van der Waals surface area contributed by atoms with Crippen molar-refractivity contribution in [2.24, 2.45) is 11.7 Å². The number of pyridine rings is 1. The number of carbonyl (C=O) groups is 15. The van der Waals surface area contributed by atoms with Crippen LogP contribution in [0.2, 0.25) is 5.02 Å². The average Bonchev–Trinajstić information content (AvgIpc) is 1.74. The lowest BCUT2D eigenvalue weighted by atomic mass is 9.99. The fraction of sp³-hybridized carbons (Fsp3) is 0.422.